The summed E-state index contributed by atoms with van der Waals surface area (Å²) >= 11 is 1.66. The third kappa shape index (κ3) is 6.48. The Morgan fingerprint density at radius 1 is 1.38 bits per heavy atom. The number of rotatable bonds is 6. The predicted octanol–water partition coefficient (Wildman–Crippen LogP) is 3.54. The predicted molar refractivity (Wildman–Crippen MR) is 88.5 cm³/mol. The highest BCUT2D eigenvalue weighted by molar-refractivity contribution is 7.10. The normalized spacial score (nSPS) is 16.1. The van der Waals surface area contributed by atoms with Gasteiger partial charge in [0.2, 0.25) is 0 Å². The molecule has 1 rings (SSSR count). The van der Waals surface area contributed by atoms with E-state index in [9.17, 15) is 9.90 Å². The summed E-state index contributed by atoms with van der Waals surface area (Å²) < 4.78 is 0. The minimum absolute atomic E-state index is 0.00966. The van der Waals surface area contributed by atoms with E-state index in [0.717, 1.165) is 4.88 Å². The van der Waals surface area contributed by atoms with Crippen molar-refractivity contribution in [3.63, 3.8) is 0 Å². The maximum absolute atomic E-state index is 12.1. The number of carbonyl (C=O) groups excluding carboxylic acids is 1. The van der Waals surface area contributed by atoms with Crippen LogP contribution in [0.1, 0.15) is 52.0 Å². The molecule has 1 heterocycles. The van der Waals surface area contributed by atoms with Crippen molar-refractivity contribution in [3.05, 3.63) is 22.4 Å². The lowest BCUT2D eigenvalue weighted by molar-refractivity contribution is 0.162. The van der Waals surface area contributed by atoms with Gasteiger partial charge in [0, 0.05) is 11.4 Å². The molecule has 5 heteroatoms. The molecule has 0 spiro atoms. The third-order valence-electron chi connectivity index (χ3n) is 3.32. The summed E-state index contributed by atoms with van der Waals surface area (Å²) in [5, 5.41) is 17.3. The van der Waals surface area contributed by atoms with Crippen molar-refractivity contribution in [2.24, 2.45) is 11.3 Å². The lowest BCUT2D eigenvalue weighted by Crippen LogP contribution is -2.43. The van der Waals surface area contributed by atoms with E-state index in [1.807, 2.05) is 18.4 Å². The van der Waals surface area contributed by atoms with Crippen LogP contribution in [-0.4, -0.2) is 23.8 Å². The number of thiophene rings is 1. The quantitative estimate of drug-likeness (QED) is 0.752. The average molecular weight is 312 g/mol. The molecular weight excluding hydrogens is 284 g/mol. The second-order valence-corrected chi connectivity index (χ2v) is 7.84. The zero-order valence-electron chi connectivity index (χ0n) is 13.6. The topological polar surface area (TPSA) is 61.4 Å². The Balaban J connectivity index is 2.54. The van der Waals surface area contributed by atoms with E-state index in [4.69, 9.17) is 0 Å². The minimum Gasteiger partial charge on any atom is -0.393 e. The van der Waals surface area contributed by atoms with Crippen molar-refractivity contribution in [2.75, 3.05) is 6.54 Å². The van der Waals surface area contributed by atoms with E-state index in [0.29, 0.717) is 13.0 Å². The zero-order valence-corrected chi connectivity index (χ0v) is 14.5. The van der Waals surface area contributed by atoms with Gasteiger partial charge in [-0.25, -0.2) is 4.79 Å². The van der Waals surface area contributed by atoms with Crippen LogP contribution in [0.2, 0.25) is 0 Å². The van der Waals surface area contributed by atoms with Crippen molar-refractivity contribution in [3.8, 4) is 0 Å². The van der Waals surface area contributed by atoms with Gasteiger partial charge in [-0.3, -0.25) is 0 Å². The van der Waals surface area contributed by atoms with Crippen LogP contribution in [0.15, 0.2) is 17.5 Å². The molecule has 2 amide bonds. The molecule has 0 radical (unpaired) electrons. The summed E-state index contributed by atoms with van der Waals surface area (Å²) in [6.07, 6.45) is 0.353. The van der Waals surface area contributed by atoms with Gasteiger partial charge in [0.05, 0.1) is 12.1 Å². The summed E-state index contributed by atoms with van der Waals surface area (Å²) in [6.45, 7) is 10.7. The van der Waals surface area contributed by atoms with Crippen LogP contribution in [0.25, 0.3) is 0 Å². The standard InChI is InChI=1S/C16H28N2O2S/c1-11(9-12(2)19)10-17-15(20)18-14(16(3,4)5)13-7-6-8-21-13/h6-8,11-12,14,19H,9-10H2,1-5H3,(H2,17,18,20). The van der Waals surface area contributed by atoms with Crippen LogP contribution < -0.4 is 10.6 Å². The fraction of sp³-hybridized carbons (Fsp3) is 0.688. The summed E-state index contributed by atoms with van der Waals surface area (Å²) in [5.41, 5.74) is -0.0482. The van der Waals surface area contributed by atoms with E-state index in [-0.39, 0.29) is 29.5 Å². The average Bonchev–Trinajstić information content (AvgIpc) is 2.84. The first-order valence-corrected chi connectivity index (χ1v) is 8.34. The van der Waals surface area contributed by atoms with Gasteiger partial charge >= 0.3 is 6.03 Å². The molecular formula is C16H28N2O2S. The summed E-state index contributed by atoms with van der Waals surface area (Å²) in [4.78, 5) is 13.3. The van der Waals surface area contributed by atoms with Gasteiger partial charge in [-0.05, 0) is 36.1 Å². The Morgan fingerprint density at radius 3 is 2.52 bits per heavy atom. The first-order chi connectivity index (χ1) is 9.70. The molecule has 0 aromatic carbocycles. The van der Waals surface area contributed by atoms with E-state index < -0.39 is 0 Å². The van der Waals surface area contributed by atoms with Crippen LogP contribution in [0.4, 0.5) is 4.79 Å². The second-order valence-electron chi connectivity index (χ2n) is 6.86. The number of hydrogen-bond acceptors (Lipinski definition) is 3. The molecule has 0 saturated carbocycles. The van der Waals surface area contributed by atoms with Crippen LogP contribution in [0.5, 0.6) is 0 Å². The third-order valence-corrected chi connectivity index (χ3v) is 4.26. The number of amides is 2. The van der Waals surface area contributed by atoms with E-state index in [1.54, 1.807) is 18.3 Å². The van der Waals surface area contributed by atoms with Crippen molar-refractivity contribution >= 4 is 17.4 Å². The van der Waals surface area contributed by atoms with Gasteiger partial charge in [0.15, 0.2) is 0 Å². The maximum atomic E-state index is 12.1. The molecule has 0 bridgehead atoms. The van der Waals surface area contributed by atoms with Crippen LogP contribution >= 0.6 is 11.3 Å². The molecule has 1 aromatic heterocycles. The number of urea groups is 1. The summed E-state index contributed by atoms with van der Waals surface area (Å²) in [7, 11) is 0. The van der Waals surface area contributed by atoms with Crippen molar-refractivity contribution in [1.29, 1.82) is 0 Å². The highest BCUT2D eigenvalue weighted by Crippen LogP contribution is 2.34. The molecule has 3 atom stereocenters. The molecule has 21 heavy (non-hydrogen) atoms. The van der Waals surface area contributed by atoms with Gasteiger partial charge in [0.1, 0.15) is 0 Å². The first kappa shape index (κ1) is 18.0. The van der Waals surface area contributed by atoms with Crippen LogP contribution in [0.3, 0.4) is 0 Å². The fourth-order valence-corrected chi connectivity index (χ4v) is 3.30. The number of carbonyl (C=O) groups is 1. The molecule has 3 N–H and O–H groups in total. The largest absolute Gasteiger partial charge is 0.393 e. The molecule has 0 aliphatic rings. The molecule has 1 aromatic rings. The van der Waals surface area contributed by atoms with Crippen molar-refractivity contribution in [2.45, 2.75) is 53.2 Å². The van der Waals surface area contributed by atoms with Gasteiger partial charge in [0.25, 0.3) is 0 Å². The smallest absolute Gasteiger partial charge is 0.315 e. The number of nitrogens with one attached hydrogen (secondary N) is 2. The Morgan fingerprint density at radius 2 is 2.05 bits per heavy atom. The van der Waals surface area contributed by atoms with Crippen LogP contribution in [0, 0.1) is 11.3 Å². The molecule has 4 nitrogen and oxygen atoms in total. The molecule has 0 aliphatic heterocycles. The summed E-state index contributed by atoms with van der Waals surface area (Å²) in [6, 6.07) is 3.89. The van der Waals surface area contributed by atoms with Gasteiger partial charge < -0.3 is 15.7 Å². The number of hydrogen-bond donors (Lipinski definition) is 3. The summed E-state index contributed by atoms with van der Waals surface area (Å²) in [5.74, 6) is 0.255. The van der Waals surface area contributed by atoms with Crippen LogP contribution in [-0.2, 0) is 0 Å². The molecule has 3 unspecified atom stereocenters. The Hall–Kier alpha value is -1.07. The fourth-order valence-electron chi connectivity index (χ4n) is 2.28. The monoisotopic (exact) mass is 312 g/mol. The Bertz CT molecular complexity index is 424. The Labute approximate surface area is 132 Å². The molecule has 120 valence electrons. The van der Waals surface area contributed by atoms with Gasteiger partial charge in [-0.2, -0.15) is 0 Å². The van der Waals surface area contributed by atoms with Gasteiger partial charge in [-0.1, -0.05) is 33.8 Å². The van der Waals surface area contributed by atoms with Crippen molar-refractivity contribution < 1.29 is 9.90 Å². The lowest BCUT2D eigenvalue weighted by Gasteiger charge is -2.31. The SMILES string of the molecule is CC(O)CC(C)CNC(=O)NC(c1cccs1)C(C)(C)C. The minimum atomic E-state index is -0.335. The van der Waals surface area contributed by atoms with Crippen molar-refractivity contribution in [1.82, 2.24) is 10.6 Å². The number of aliphatic hydroxyl groups excluding tert-OH is 1. The molecule has 0 saturated heterocycles. The molecule has 0 aliphatic carbocycles. The van der Waals surface area contributed by atoms with E-state index in [1.165, 1.54) is 0 Å². The first-order valence-electron chi connectivity index (χ1n) is 7.46. The molecule has 0 fully saturated rings. The highest BCUT2D eigenvalue weighted by Gasteiger charge is 2.28. The van der Waals surface area contributed by atoms with E-state index in [2.05, 4.69) is 37.5 Å². The maximum Gasteiger partial charge on any atom is 0.315 e. The van der Waals surface area contributed by atoms with E-state index >= 15 is 0 Å². The Kier molecular flexibility index (Phi) is 6.68. The number of aliphatic hydroxyl groups is 1. The van der Waals surface area contributed by atoms with Gasteiger partial charge in [-0.15, -0.1) is 11.3 Å². The lowest BCUT2D eigenvalue weighted by atomic mass is 9.86. The second kappa shape index (κ2) is 7.80. The highest BCUT2D eigenvalue weighted by atomic mass is 32.1. The zero-order chi connectivity index (χ0) is 16.0.